The highest BCUT2D eigenvalue weighted by atomic mass is 16.1. The molecule has 0 aliphatic carbocycles. The molecule has 0 radical (unpaired) electrons. The highest BCUT2D eigenvalue weighted by molar-refractivity contribution is 5.95. The Kier molecular flexibility index (Phi) is 13.2. The first-order chi connectivity index (χ1) is 15.7. The number of ketones is 2. The average molecular weight is 438 g/mol. The summed E-state index contributed by atoms with van der Waals surface area (Å²) < 4.78 is 1.75. The van der Waals surface area contributed by atoms with Crippen molar-refractivity contribution in [2.24, 2.45) is 0 Å². The van der Waals surface area contributed by atoms with Gasteiger partial charge in [0.25, 0.3) is 0 Å². The minimum Gasteiger partial charge on any atom is -0.292 e. The Bertz CT molecular complexity index is 789. The standard InChI is InChI=1S/C28H41N2O2/c1-2-3-4-5-6-7-8-9-10-11-12-13-17-20-27(31)26-23-30(22-21-29-26)24-28(32)25-18-15-14-16-19-25/h14-16,18-19,21-23H,2-13,17,20,24H2,1H3/q+1. The molecular weight excluding hydrogens is 396 g/mol. The third kappa shape index (κ3) is 10.8. The zero-order valence-corrected chi connectivity index (χ0v) is 19.9. The van der Waals surface area contributed by atoms with Crippen molar-refractivity contribution in [1.29, 1.82) is 0 Å². The van der Waals surface area contributed by atoms with E-state index >= 15 is 0 Å². The SMILES string of the molecule is CCCCCCCCCCCCCCCC(=O)c1c[n+](CC(=O)c2ccccc2)ccn1. The maximum Gasteiger partial charge on any atom is 0.227 e. The van der Waals surface area contributed by atoms with Crippen molar-refractivity contribution >= 4 is 11.6 Å². The highest BCUT2D eigenvalue weighted by Gasteiger charge is 2.16. The molecule has 32 heavy (non-hydrogen) atoms. The molecule has 1 aromatic heterocycles. The van der Waals surface area contributed by atoms with Crippen LogP contribution < -0.4 is 4.57 Å². The van der Waals surface area contributed by atoms with Crippen molar-refractivity contribution in [1.82, 2.24) is 4.98 Å². The normalized spacial score (nSPS) is 10.9. The molecule has 0 aliphatic rings. The van der Waals surface area contributed by atoms with Crippen LogP contribution in [0.3, 0.4) is 0 Å². The van der Waals surface area contributed by atoms with Gasteiger partial charge in [-0.15, -0.1) is 0 Å². The topological polar surface area (TPSA) is 50.9 Å². The molecule has 2 rings (SSSR count). The average Bonchev–Trinajstić information content (AvgIpc) is 2.82. The highest BCUT2D eigenvalue weighted by Crippen LogP contribution is 2.13. The van der Waals surface area contributed by atoms with Crippen molar-refractivity contribution in [3.8, 4) is 0 Å². The molecule has 0 spiro atoms. The number of carbonyl (C=O) groups is 2. The predicted octanol–water partition coefficient (Wildman–Crippen LogP) is 6.92. The van der Waals surface area contributed by atoms with Crippen LogP contribution in [0.2, 0.25) is 0 Å². The fraction of sp³-hybridized carbons (Fsp3) is 0.571. The smallest absolute Gasteiger partial charge is 0.227 e. The Morgan fingerprint density at radius 3 is 1.91 bits per heavy atom. The van der Waals surface area contributed by atoms with Crippen LogP contribution in [0.25, 0.3) is 0 Å². The molecule has 1 heterocycles. The van der Waals surface area contributed by atoms with Crippen LogP contribution in [0.5, 0.6) is 0 Å². The third-order valence-electron chi connectivity index (χ3n) is 5.97. The molecular formula is C28H41N2O2+. The second kappa shape index (κ2) is 16.3. The summed E-state index contributed by atoms with van der Waals surface area (Å²) in [7, 11) is 0. The fourth-order valence-corrected chi connectivity index (χ4v) is 3.99. The maximum absolute atomic E-state index is 12.5. The van der Waals surface area contributed by atoms with Crippen LogP contribution in [0.1, 0.15) is 118 Å². The van der Waals surface area contributed by atoms with Gasteiger partial charge in [-0.1, -0.05) is 114 Å². The minimum atomic E-state index is 0.0247. The van der Waals surface area contributed by atoms with Crippen LogP contribution in [0, 0.1) is 0 Å². The van der Waals surface area contributed by atoms with Crippen LogP contribution in [-0.2, 0) is 6.54 Å². The van der Waals surface area contributed by atoms with E-state index in [1.807, 2.05) is 30.3 Å². The first-order valence-electron chi connectivity index (χ1n) is 12.7. The predicted molar refractivity (Wildman–Crippen MR) is 130 cm³/mol. The molecule has 4 nitrogen and oxygen atoms in total. The van der Waals surface area contributed by atoms with Gasteiger partial charge in [-0.2, -0.15) is 4.57 Å². The molecule has 0 bridgehead atoms. The molecule has 2 aromatic rings. The number of rotatable bonds is 18. The first kappa shape index (κ1) is 25.9. The van der Waals surface area contributed by atoms with Crippen LogP contribution in [-0.4, -0.2) is 16.6 Å². The van der Waals surface area contributed by atoms with E-state index in [9.17, 15) is 9.59 Å². The summed E-state index contributed by atoms with van der Waals surface area (Å²) in [5, 5.41) is 0. The molecule has 0 atom stereocenters. The van der Waals surface area contributed by atoms with Crippen molar-refractivity contribution in [3.63, 3.8) is 0 Å². The summed E-state index contributed by atoms with van der Waals surface area (Å²) in [6, 6.07) is 9.23. The quantitative estimate of drug-likeness (QED) is 0.144. The van der Waals surface area contributed by atoms with Crippen molar-refractivity contribution in [3.05, 3.63) is 60.2 Å². The summed E-state index contributed by atoms with van der Waals surface area (Å²) in [5.41, 5.74) is 1.13. The number of hydrogen-bond donors (Lipinski definition) is 0. The van der Waals surface area contributed by atoms with Gasteiger partial charge in [-0.3, -0.25) is 9.59 Å². The van der Waals surface area contributed by atoms with Gasteiger partial charge in [-0.25, -0.2) is 4.98 Å². The van der Waals surface area contributed by atoms with Gasteiger partial charge in [-0.05, 0) is 6.42 Å². The fourth-order valence-electron chi connectivity index (χ4n) is 3.99. The number of Topliss-reactive ketones (excluding diaryl/α,β-unsaturated/α-hetero) is 2. The summed E-state index contributed by atoms with van der Waals surface area (Å²) in [5.74, 6) is 0.0891. The Morgan fingerprint density at radius 2 is 1.31 bits per heavy atom. The number of aromatic nitrogens is 2. The van der Waals surface area contributed by atoms with Gasteiger partial charge in [0.15, 0.2) is 23.9 Å². The van der Waals surface area contributed by atoms with E-state index in [0.717, 1.165) is 12.8 Å². The first-order valence-corrected chi connectivity index (χ1v) is 12.7. The van der Waals surface area contributed by atoms with Gasteiger partial charge in [0.1, 0.15) is 0 Å². The minimum absolute atomic E-state index is 0.0247. The van der Waals surface area contributed by atoms with E-state index < -0.39 is 0 Å². The summed E-state index contributed by atoms with van der Waals surface area (Å²) in [6.07, 6.45) is 22.4. The van der Waals surface area contributed by atoms with Crippen LogP contribution in [0.4, 0.5) is 0 Å². The molecule has 4 heteroatoms. The molecule has 0 amide bonds. The lowest BCUT2D eigenvalue weighted by Gasteiger charge is -2.03. The largest absolute Gasteiger partial charge is 0.292 e. The van der Waals surface area contributed by atoms with E-state index in [1.165, 1.54) is 70.6 Å². The summed E-state index contributed by atoms with van der Waals surface area (Å²) >= 11 is 0. The number of carbonyl (C=O) groups excluding carboxylic acids is 2. The molecule has 0 saturated heterocycles. The zero-order valence-electron chi connectivity index (χ0n) is 19.9. The third-order valence-corrected chi connectivity index (χ3v) is 5.97. The maximum atomic E-state index is 12.5. The van der Waals surface area contributed by atoms with Crippen molar-refractivity contribution < 1.29 is 14.2 Å². The summed E-state index contributed by atoms with van der Waals surface area (Å²) in [6.45, 7) is 2.48. The molecule has 0 aliphatic heterocycles. The van der Waals surface area contributed by atoms with Gasteiger partial charge < -0.3 is 0 Å². The number of hydrogen-bond acceptors (Lipinski definition) is 3. The monoisotopic (exact) mass is 437 g/mol. The van der Waals surface area contributed by atoms with E-state index in [-0.39, 0.29) is 18.1 Å². The molecule has 0 unspecified atom stereocenters. The molecule has 174 valence electrons. The summed E-state index contributed by atoms with van der Waals surface area (Å²) in [4.78, 5) is 29.1. The lowest BCUT2D eigenvalue weighted by Crippen LogP contribution is -2.38. The Balaban J connectivity index is 1.56. The number of unbranched alkanes of at least 4 members (excludes halogenated alkanes) is 12. The van der Waals surface area contributed by atoms with Gasteiger partial charge in [0.05, 0.1) is 6.20 Å². The van der Waals surface area contributed by atoms with Crippen molar-refractivity contribution in [2.75, 3.05) is 0 Å². The number of benzene rings is 1. The second-order valence-corrected chi connectivity index (χ2v) is 8.82. The molecule has 0 saturated carbocycles. The second-order valence-electron chi connectivity index (χ2n) is 8.82. The van der Waals surface area contributed by atoms with Gasteiger partial charge in [0.2, 0.25) is 12.3 Å². The van der Waals surface area contributed by atoms with Gasteiger partial charge >= 0.3 is 0 Å². The number of nitrogens with zero attached hydrogens (tertiary/aromatic N) is 2. The Morgan fingerprint density at radius 1 is 0.750 bits per heavy atom. The lowest BCUT2D eigenvalue weighted by molar-refractivity contribution is -0.683. The zero-order chi connectivity index (χ0) is 22.9. The Labute approximate surface area is 194 Å². The molecule has 1 aromatic carbocycles. The lowest BCUT2D eigenvalue weighted by atomic mass is 10.0. The Hall–Kier alpha value is -2.36. The van der Waals surface area contributed by atoms with Crippen LogP contribution >= 0.6 is 0 Å². The molecule has 0 N–H and O–H groups in total. The van der Waals surface area contributed by atoms with E-state index in [2.05, 4.69) is 11.9 Å². The molecule has 0 fully saturated rings. The van der Waals surface area contributed by atoms with E-state index in [0.29, 0.717) is 17.7 Å². The van der Waals surface area contributed by atoms with Crippen LogP contribution in [0.15, 0.2) is 48.9 Å². The van der Waals surface area contributed by atoms with Crippen molar-refractivity contribution in [2.45, 2.75) is 103 Å². The van der Waals surface area contributed by atoms with E-state index in [1.54, 1.807) is 23.2 Å². The van der Waals surface area contributed by atoms with Gasteiger partial charge in [0, 0.05) is 12.0 Å². The van der Waals surface area contributed by atoms with E-state index in [4.69, 9.17) is 0 Å².